The minimum Gasteiger partial charge on any atom is -0.316 e. The van der Waals surface area contributed by atoms with Crippen molar-refractivity contribution in [3.05, 3.63) is 28.0 Å². The largest absolute Gasteiger partial charge is 0.316 e. The maximum absolute atomic E-state index is 6.11. The molecule has 4 heteroatoms. The Morgan fingerprint density at radius 2 is 2.13 bits per heavy atom. The molecule has 0 spiro atoms. The zero-order chi connectivity index (χ0) is 11.4. The van der Waals surface area contributed by atoms with Gasteiger partial charge in [0.2, 0.25) is 0 Å². The van der Waals surface area contributed by atoms with Crippen molar-refractivity contribution in [2.75, 3.05) is 7.05 Å². The molecule has 15 heavy (non-hydrogen) atoms. The molecule has 0 aliphatic carbocycles. The van der Waals surface area contributed by atoms with Crippen molar-refractivity contribution in [3.8, 4) is 0 Å². The number of likely N-dealkylation sites (N-methyl/N-ethyl adjacent to an activating group) is 1. The Bertz CT molecular complexity index is 324. The van der Waals surface area contributed by atoms with Gasteiger partial charge in [-0.3, -0.25) is 4.98 Å². The predicted octanol–water partition coefficient (Wildman–Crippen LogP) is 3.49. The maximum atomic E-state index is 6.11. The highest BCUT2D eigenvalue weighted by Crippen LogP contribution is 2.27. The van der Waals surface area contributed by atoms with Crippen LogP contribution >= 0.6 is 23.2 Å². The Morgan fingerprint density at radius 3 is 2.60 bits per heavy atom. The Kier molecular flexibility index (Phi) is 4.84. The molecule has 0 aliphatic rings. The first-order chi connectivity index (χ1) is 7.10. The fourth-order valence-electron chi connectivity index (χ4n) is 1.76. The third kappa shape index (κ3) is 3.07. The summed E-state index contributed by atoms with van der Waals surface area (Å²) in [5, 5.41) is 4.48. The predicted molar refractivity (Wildman–Crippen MR) is 65.8 cm³/mol. The zero-order valence-electron chi connectivity index (χ0n) is 9.22. The van der Waals surface area contributed by atoms with Crippen molar-refractivity contribution >= 4 is 23.2 Å². The monoisotopic (exact) mass is 246 g/mol. The third-order valence-electron chi connectivity index (χ3n) is 2.68. The zero-order valence-corrected chi connectivity index (χ0v) is 10.7. The van der Waals surface area contributed by atoms with E-state index >= 15 is 0 Å². The van der Waals surface area contributed by atoms with Crippen molar-refractivity contribution in [3.63, 3.8) is 0 Å². The van der Waals surface area contributed by atoms with Gasteiger partial charge in [-0.25, -0.2) is 0 Å². The Hall–Kier alpha value is -0.310. The van der Waals surface area contributed by atoms with Crippen LogP contribution in [0.1, 0.15) is 31.9 Å². The summed E-state index contributed by atoms with van der Waals surface area (Å²) in [7, 11) is 1.95. The van der Waals surface area contributed by atoms with Crippen molar-refractivity contribution in [1.29, 1.82) is 0 Å². The average Bonchev–Trinajstić information content (AvgIpc) is 2.19. The SMILES string of the molecule is CCC(NC)C(C)c1ncc(Cl)cc1Cl. The van der Waals surface area contributed by atoms with Crippen LogP contribution in [0.15, 0.2) is 12.3 Å². The normalized spacial score (nSPS) is 15.0. The molecule has 1 heterocycles. The van der Waals surface area contributed by atoms with Crippen molar-refractivity contribution in [2.45, 2.75) is 32.2 Å². The third-order valence-corrected chi connectivity index (χ3v) is 3.19. The van der Waals surface area contributed by atoms with Gasteiger partial charge in [0.1, 0.15) is 0 Å². The van der Waals surface area contributed by atoms with Gasteiger partial charge in [0, 0.05) is 18.2 Å². The van der Waals surface area contributed by atoms with Crippen LogP contribution < -0.4 is 5.32 Å². The molecule has 1 N–H and O–H groups in total. The number of hydrogen-bond donors (Lipinski definition) is 1. The smallest absolute Gasteiger partial charge is 0.0639 e. The lowest BCUT2D eigenvalue weighted by Crippen LogP contribution is -2.30. The Labute approximate surface area is 101 Å². The highest BCUT2D eigenvalue weighted by Gasteiger charge is 2.19. The second-order valence-electron chi connectivity index (χ2n) is 3.61. The molecule has 0 amide bonds. The number of nitrogens with zero attached hydrogens (tertiary/aromatic N) is 1. The molecule has 84 valence electrons. The summed E-state index contributed by atoms with van der Waals surface area (Å²) in [6.07, 6.45) is 2.68. The van der Waals surface area contributed by atoms with Crippen LogP contribution in [0.4, 0.5) is 0 Å². The minimum absolute atomic E-state index is 0.282. The lowest BCUT2D eigenvalue weighted by Gasteiger charge is -2.22. The van der Waals surface area contributed by atoms with Gasteiger partial charge in [-0.2, -0.15) is 0 Å². The molecule has 1 aromatic heterocycles. The quantitative estimate of drug-likeness (QED) is 0.880. The van der Waals surface area contributed by atoms with Crippen LogP contribution in [0.3, 0.4) is 0 Å². The van der Waals surface area contributed by atoms with Crippen LogP contribution in [0, 0.1) is 0 Å². The van der Waals surface area contributed by atoms with E-state index in [2.05, 4.69) is 24.1 Å². The second-order valence-corrected chi connectivity index (χ2v) is 4.46. The Morgan fingerprint density at radius 1 is 1.47 bits per heavy atom. The summed E-state index contributed by atoms with van der Waals surface area (Å²) in [5.74, 6) is 0.282. The van der Waals surface area contributed by atoms with E-state index in [1.165, 1.54) is 0 Å². The molecule has 0 aliphatic heterocycles. The van der Waals surface area contributed by atoms with Crippen LogP contribution in [0.2, 0.25) is 10.0 Å². The molecule has 0 fully saturated rings. The summed E-state index contributed by atoms with van der Waals surface area (Å²) in [5.41, 5.74) is 0.905. The standard InChI is InChI=1S/C11H16Cl2N2/c1-4-10(14-3)7(2)11-9(13)5-8(12)6-15-11/h5-7,10,14H,4H2,1-3H3. The number of nitrogens with one attached hydrogen (secondary N) is 1. The van der Waals surface area contributed by atoms with Gasteiger partial charge >= 0.3 is 0 Å². The van der Waals surface area contributed by atoms with E-state index in [1.54, 1.807) is 12.3 Å². The lowest BCUT2D eigenvalue weighted by atomic mass is 9.96. The summed E-state index contributed by atoms with van der Waals surface area (Å²) in [6.45, 7) is 4.26. The lowest BCUT2D eigenvalue weighted by molar-refractivity contribution is 0.466. The molecule has 0 saturated heterocycles. The molecule has 1 rings (SSSR count). The van der Waals surface area contributed by atoms with Gasteiger partial charge < -0.3 is 5.32 Å². The van der Waals surface area contributed by atoms with Crippen molar-refractivity contribution in [1.82, 2.24) is 10.3 Å². The van der Waals surface area contributed by atoms with E-state index in [1.807, 2.05) is 7.05 Å². The molecule has 2 nitrogen and oxygen atoms in total. The van der Waals surface area contributed by atoms with E-state index in [-0.39, 0.29) is 5.92 Å². The summed E-state index contributed by atoms with van der Waals surface area (Å²) in [6, 6.07) is 2.13. The van der Waals surface area contributed by atoms with E-state index in [0.717, 1.165) is 12.1 Å². The first kappa shape index (κ1) is 12.8. The maximum Gasteiger partial charge on any atom is 0.0639 e. The van der Waals surface area contributed by atoms with Gasteiger partial charge in [0.25, 0.3) is 0 Å². The number of aromatic nitrogens is 1. The molecule has 0 radical (unpaired) electrons. The minimum atomic E-state index is 0.282. The van der Waals surface area contributed by atoms with Crippen LogP contribution in [0.5, 0.6) is 0 Å². The second kappa shape index (κ2) is 5.69. The molecular weight excluding hydrogens is 231 g/mol. The molecule has 2 atom stereocenters. The van der Waals surface area contributed by atoms with Gasteiger partial charge in [0.15, 0.2) is 0 Å². The van der Waals surface area contributed by atoms with Crippen LogP contribution in [0.25, 0.3) is 0 Å². The fraction of sp³-hybridized carbons (Fsp3) is 0.545. The Balaban J connectivity index is 2.94. The fourth-order valence-corrected chi connectivity index (χ4v) is 2.31. The molecule has 0 bridgehead atoms. The van der Waals surface area contributed by atoms with E-state index < -0.39 is 0 Å². The van der Waals surface area contributed by atoms with Crippen LogP contribution in [-0.4, -0.2) is 18.1 Å². The average molecular weight is 247 g/mol. The first-order valence-corrected chi connectivity index (χ1v) is 5.84. The topological polar surface area (TPSA) is 24.9 Å². The molecule has 2 unspecified atom stereocenters. The van der Waals surface area contributed by atoms with Crippen molar-refractivity contribution in [2.24, 2.45) is 0 Å². The first-order valence-electron chi connectivity index (χ1n) is 5.08. The number of rotatable bonds is 4. The summed E-state index contributed by atoms with van der Waals surface area (Å²) in [4.78, 5) is 4.29. The van der Waals surface area contributed by atoms with Gasteiger partial charge in [-0.15, -0.1) is 0 Å². The van der Waals surface area contributed by atoms with E-state index in [9.17, 15) is 0 Å². The summed E-state index contributed by atoms with van der Waals surface area (Å²) < 4.78 is 0. The number of hydrogen-bond acceptors (Lipinski definition) is 2. The highest BCUT2D eigenvalue weighted by atomic mass is 35.5. The van der Waals surface area contributed by atoms with Gasteiger partial charge in [-0.05, 0) is 19.5 Å². The highest BCUT2D eigenvalue weighted by molar-refractivity contribution is 6.34. The van der Waals surface area contributed by atoms with E-state index in [4.69, 9.17) is 23.2 Å². The van der Waals surface area contributed by atoms with E-state index in [0.29, 0.717) is 16.1 Å². The van der Waals surface area contributed by atoms with Crippen molar-refractivity contribution < 1.29 is 0 Å². The van der Waals surface area contributed by atoms with Gasteiger partial charge in [0.05, 0.1) is 15.7 Å². The van der Waals surface area contributed by atoms with Crippen LogP contribution in [-0.2, 0) is 0 Å². The number of halogens is 2. The summed E-state index contributed by atoms with van der Waals surface area (Å²) >= 11 is 11.9. The molecule has 1 aromatic rings. The number of pyridine rings is 1. The molecule has 0 aromatic carbocycles. The molecule has 0 saturated carbocycles. The molecular formula is C11H16Cl2N2. The van der Waals surface area contributed by atoms with Gasteiger partial charge in [-0.1, -0.05) is 37.0 Å².